The Kier molecular flexibility index (Phi) is 5.37. The van der Waals surface area contributed by atoms with Crippen LogP contribution in [0.25, 0.3) is 0 Å². The second kappa shape index (κ2) is 7.87. The molecular formula is C19H24N4O. The van der Waals surface area contributed by atoms with Crippen LogP contribution in [-0.4, -0.2) is 43.2 Å². The lowest BCUT2D eigenvalue weighted by Gasteiger charge is -2.26. The van der Waals surface area contributed by atoms with Gasteiger partial charge < -0.3 is 15.1 Å². The SMILES string of the molecule is N#Cc1ccccc1N1CCCN(C(=O)NC2C=CCCC2)CC1. The maximum atomic E-state index is 12.5. The summed E-state index contributed by atoms with van der Waals surface area (Å²) in [5, 5.41) is 12.4. The highest BCUT2D eigenvalue weighted by Crippen LogP contribution is 2.21. The predicted molar refractivity (Wildman–Crippen MR) is 94.9 cm³/mol. The van der Waals surface area contributed by atoms with Gasteiger partial charge in [-0.15, -0.1) is 0 Å². The highest BCUT2D eigenvalue weighted by Gasteiger charge is 2.22. The molecule has 1 aliphatic heterocycles. The lowest BCUT2D eigenvalue weighted by Crippen LogP contribution is -2.46. The fourth-order valence-corrected chi connectivity index (χ4v) is 3.39. The third-order valence-corrected chi connectivity index (χ3v) is 4.71. The number of carbonyl (C=O) groups is 1. The zero-order valence-corrected chi connectivity index (χ0v) is 13.9. The van der Waals surface area contributed by atoms with Gasteiger partial charge in [-0.2, -0.15) is 5.26 Å². The van der Waals surface area contributed by atoms with Crippen LogP contribution in [0.5, 0.6) is 0 Å². The minimum atomic E-state index is 0.0296. The van der Waals surface area contributed by atoms with Gasteiger partial charge in [-0.3, -0.25) is 0 Å². The summed E-state index contributed by atoms with van der Waals surface area (Å²) in [7, 11) is 0. The van der Waals surface area contributed by atoms with E-state index < -0.39 is 0 Å². The van der Waals surface area contributed by atoms with Gasteiger partial charge in [0.25, 0.3) is 0 Å². The molecule has 1 N–H and O–H groups in total. The normalized spacial score (nSPS) is 21.0. The smallest absolute Gasteiger partial charge is 0.317 e. The maximum Gasteiger partial charge on any atom is 0.317 e. The van der Waals surface area contributed by atoms with Crippen LogP contribution in [-0.2, 0) is 0 Å². The molecule has 1 aromatic rings. The van der Waals surface area contributed by atoms with E-state index in [0.717, 1.165) is 51.0 Å². The Morgan fingerprint density at radius 2 is 2.04 bits per heavy atom. The van der Waals surface area contributed by atoms with Gasteiger partial charge in [-0.05, 0) is 37.8 Å². The van der Waals surface area contributed by atoms with Gasteiger partial charge in [-0.25, -0.2) is 4.79 Å². The summed E-state index contributed by atoms with van der Waals surface area (Å²) in [6.45, 7) is 3.06. The van der Waals surface area contributed by atoms with Crippen molar-refractivity contribution < 1.29 is 4.79 Å². The first-order valence-electron chi connectivity index (χ1n) is 8.74. The van der Waals surface area contributed by atoms with Gasteiger partial charge in [0.1, 0.15) is 6.07 Å². The minimum absolute atomic E-state index is 0.0296. The van der Waals surface area contributed by atoms with Crippen molar-refractivity contribution in [3.8, 4) is 6.07 Å². The second-order valence-corrected chi connectivity index (χ2v) is 6.37. The standard InChI is InChI=1S/C19H24N4O/c20-15-16-7-4-5-10-18(16)22-11-6-12-23(14-13-22)19(24)21-17-8-2-1-3-9-17/h2,4-5,7-8,10,17H,1,3,6,9,11-14H2,(H,21,24). The van der Waals surface area contributed by atoms with Crippen molar-refractivity contribution in [3.63, 3.8) is 0 Å². The van der Waals surface area contributed by atoms with E-state index in [-0.39, 0.29) is 12.1 Å². The molecule has 0 radical (unpaired) electrons. The van der Waals surface area contributed by atoms with Crippen molar-refractivity contribution in [1.29, 1.82) is 5.26 Å². The zero-order valence-electron chi connectivity index (χ0n) is 13.9. The molecule has 2 aliphatic rings. The number of amides is 2. The number of carbonyl (C=O) groups excluding carboxylic acids is 1. The largest absolute Gasteiger partial charge is 0.369 e. The van der Waals surface area contributed by atoms with Gasteiger partial charge in [0.15, 0.2) is 0 Å². The Balaban J connectivity index is 1.60. The first-order valence-corrected chi connectivity index (χ1v) is 8.74. The van der Waals surface area contributed by atoms with E-state index in [1.54, 1.807) is 0 Å². The fraction of sp³-hybridized carbons (Fsp3) is 0.474. The van der Waals surface area contributed by atoms with Crippen LogP contribution in [0, 0.1) is 11.3 Å². The van der Waals surface area contributed by atoms with E-state index in [1.165, 1.54) is 0 Å². The average molecular weight is 324 g/mol. The predicted octanol–water partition coefficient (Wildman–Crippen LogP) is 2.89. The Bertz CT molecular complexity index is 649. The molecule has 5 heteroatoms. The molecule has 5 nitrogen and oxygen atoms in total. The van der Waals surface area contributed by atoms with Crippen molar-refractivity contribution in [2.75, 3.05) is 31.1 Å². The van der Waals surface area contributed by atoms with E-state index in [4.69, 9.17) is 0 Å². The van der Waals surface area contributed by atoms with Crippen LogP contribution in [0.3, 0.4) is 0 Å². The summed E-state index contributed by atoms with van der Waals surface area (Å²) < 4.78 is 0. The van der Waals surface area contributed by atoms with E-state index in [1.807, 2.05) is 29.2 Å². The molecule has 2 amide bonds. The van der Waals surface area contributed by atoms with Crippen molar-refractivity contribution in [2.24, 2.45) is 0 Å². The molecule has 1 aromatic carbocycles. The van der Waals surface area contributed by atoms with Crippen molar-refractivity contribution >= 4 is 11.7 Å². The lowest BCUT2D eigenvalue weighted by molar-refractivity contribution is 0.198. The molecule has 126 valence electrons. The molecule has 0 spiro atoms. The number of allylic oxidation sites excluding steroid dienone is 1. The molecule has 1 heterocycles. The lowest BCUT2D eigenvalue weighted by atomic mass is 10.0. The highest BCUT2D eigenvalue weighted by atomic mass is 16.2. The van der Waals surface area contributed by atoms with Crippen LogP contribution >= 0.6 is 0 Å². The molecule has 1 aliphatic carbocycles. The monoisotopic (exact) mass is 324 g/mol. The Morgan fingerprint density at radius 3 is 2.83 bits per heavy atom. The van der Waals surface area contributed by atoms with Gasteiger partial charge in [0.05, 0.1) is 11.3 Å². The number of nitrogens with one attached hydrogen (secondary N) is 1. The quantitative estimate of drug-likeness (QED) is 0.851. The van der Waals surface area contributed by atoms with Gasteiger partial charge in [0, 0.05) is 32.2 Å². The molecule has 0 aromatic heterocycles. The van der Waals surface area contributed by atoms with Gasteiger partial charge in [-0.1, -0.05) is 24.3 Å². The molecule has 3 rings (SSSR count). The molecule has 24 heavy (non-hydrogen) atoms. The van der Waals surface area contributed by atoms with Gasteiger partial charge >= 0.3 is 6.03 Å². The number of anilines is 1. The van der Waals surface area contributed by atoms with Crippen molar-refractivity contribution in [3.05, 3.63) is 42.0 Å². The summed E-state index contributed by atoms with van der Waals surface area (Å²) >= 11 is 0. The number of nitrogens with zero attached hydrogens (tertiary/aromatic N) is 3. The molecule has 0 saturated carbocycles. The van der Waals surface area contributed by atoms with Crippen LogP contribution in [0.4, 0.5) is 10.5 Å². The number of rotatable bonds is 2. The Hall–Kier alpha value is -2.48. The summed E-state index contributed by atoms with van der Waals surface area (Å²) in [5.41, 5.74) is 1.67. The number of nitriles is 1. The van der Waals surface area contributed by atoms with E-state index in [9.17, 15) is 10.1 Å². The second-order valence-electron chi connectivity index (χ2n) is 6.37. The summed E-state index contributed by atoms with van der Waals surface area (Å²) in [4.78, 5) is 16.6. The van der Waals surface area contributed by atoms with Crippen LogP contribution in [0.1, 0.15) is 31.2 Å². The van der Waals surface area contributed by atoms with Crippen LogP contribution < -0.4 is 10.2 Å². The Morgan fingerprint density at radius 1 is 1.17 bits per heavy atom. The maximum absolute atomic E-state index is 12.5. The first-order chi connectivity index (χ1) is 11.8. The zero-order chi connectivity index (χ0) is 16.8. The number of hydrogen-bond acceptors (Lipinski definition) is 3. The number of hydrogen-bond donors (Lipinski definition) is 1. The van der Waals surface area contributed by atoms with Gasteiger partial charge in [0.2, 0.25) is 0 Å². The van der Waals surface area contributed by atoms with Crippen molar-refractivity contribution in [2.45, 2.75) is 31.7 Å². The molecule has 1 saturated heterocycles. The van der Waals surface area contributed by atoms with Crippen molar-refractivity contribution in [1.82, 2.24) is 10.2 Å². The highest BCUT2D eigenvalue weighted by molar-refractivity contribution is 5.75. The third-order valence-electron chi connectivity index (χ3n) is 4.71. The molecule has 1 atom stereocenters. The average Bonchev–Trinajstić information content (AvgIpc) is 2.88. The summed E-state index contributed by atoms with van der Waals surface area (Å²) in [5.74, 6) is 0. The minimum Gasteiger partial charge on any atom is -0.369 e. The Labute approximate surface area is 143 Å². The number of urea groups is 1. The molecule has 0 bridgehead atoms. The third kappa shape index (κ3) is 3.88. The van der Waals surface area contributed by atoms with E-state index in [0.29, 0.717) is 12.1 Å². The molecule has 1 unspecified atom stereocenters. The van der Waals surface area contributed by atoms with Crippen LogP contribution in [0.15, 0.2) is 36.4 Å². The number of para-hydroxylation sites is 1. The van der Waals surface area contributed by atoms with E-state index >= 15 is 0 Å². The first kappa shape index (κ1) is 16.4. The molecular weight excluding hydrogens is 300 g/mol. The summed E-state index contributed by atoms with van der Waals surface area (Å²) in [6, 6.07) is 10.1. The molecule has 1 fully saturated rings. The number of benzene rings is 1. The van der Waals surface area contributed by atoms with Crippen LogP contribution in [0.2, 0.25) is 0 Å². The topological polar surface area (TPSA) is 59.4 Å². The fourth-order valence-electron chi connectivity index (χ4n) is 3.39. The van der Waals surface area contributed by atoms with E-state index in [2.05, 4.69) is 28.4 Å². The summed E-state index contributed by atoms with van der Waals surface area (Å²) in [6.07, 6.45) is 8.45.